The average molecular weight is 417 g/mol. The van der Waals surface area contributed by atoms with E-state index < -0.39 is 23.8 Å². The average Bonchev–Trinajstić information content (AvgIpc) is 2.59. The third-order valence-corrected chi connectivity index (χ3v) is 4.76. The van der Waals surface area contributed by atoms with Gasteiger partial charge >= 0.3 is 12.1 Å². The maximum absolute atomic E-state index is 13.2. The Kier molecular flexibility index (Phi) is 5.40. The molecule has 0 saturated carbocycles. The van der Waals surface area contributed by atoms with Gasteiger partial charge in [0.15, 0.2) is 0 Å². The molecule has 0 saturated heterocycles. The van der Waals surface area contributed by atoms with E-state index in [0.29, 0.717) is 28.5 Å². The fraction of sp³-hybridized carbons (Fsp3) is 0.211. The van der Waals surface area contributed by atoms with E-state index in [0.717, 1.165) is 11.6 Å². The second-order valence-corrected chi connectivity index (χ2v) is 6.90. The number of benzene rings is 2. The number of carboxylic acid groups (broad SMARTS) is 1. The molecule has 8 heteroatoms. The highest BCUT2D eigenvalue weighted by molar-refractivity contribution is 6.31. The van der Waals surface area contributed by atoms with E-state index in [4.69, 9.17) is 33.0 Å². The number of alkyl halides is 3. The van der Waals surface area contributed by atoms with E-state index in [1.807, 2.05) is 12.1 Å². The minimum atomic E-state index is -4.84. The summed E-state index contributed by atoms with van der Waals surface area (Å²) < 4.78 is 44.5. The maximum Gasteiger partial charge on any atom is 0.430 e. The molecule has 1 N–H and O–H groups in total. The van der Waals surface area contributed by atoms with Crippen molar-refractivity contribution in [3.05, 3.63) is 68.7 Å². The van der Waals surface area contributed by atoms with Crippen LogP contribution in [0.4, 0.5) is 13.2 Å². The van der Waals surface area contributed by atoms with Gasteiger partial charge in [-0.1, -0.05) is 35.3 Å². The molecule has 1 aliphatic rings. The molecule has 2 aromatic carbocycles. The Morgan fingerprint density at radius 3 is 2.37 bits per heavy atom. The minimum absolute atomic E-state index is 0.0437. The normalized spacial score (nSPS) is 16.3. The molecule has 2 aromatic rings. The van der Waals surface area contributed by atoms with Gasteiger partial charge in [0.1, 0.15) is 5.75 Å². The van der Waals surface area contributed by atoms with E-state index in [1.165, 1.54) is 12.1 Å². The lowest BCUT2D eigenvalue weighted by atomic mass is 9.98. The van der Waals surface area contributed by atoms with Crippen molar-refractivity contribution in [3.8, 4) is 5.75 Å². The van der Waals surface area contributed by atoms with Crippen LogP contribution < -0.4 is 4.74 Å². The molecule has 0 spiro atoms. The van der Waals surface area contributed by atoms with Crippen LogP contribution in [0, 0.1) is 0 Å². The summed E-state index contributed by atoms with van der Waals surface area (Å²) in [5.74, 6) is -1.73. The van der Waals surface area contributed by atoms with E-state index in [-0.39, 0.29) is 11.3 Å². The molecule has 27 heavy (non-hydrogen) atoms. The molecule has 0 fully saturated rings. The zero-order chi connectivity index (χ0) is 19.8. The number of rotatable bonds is 4. The highest BCUT2D eigenvalue weighted by Gasteiger charge is 2.48. The van der Waals surface area contributed by atoms with E-state index in [1.54, 1.807) is 12.1 Å². The van der Waals surface area contributed by atoms with Crippen molar-refractivity contribution in [2.75, 3.05) is 0 Å². The first-order chi connectivity index (χ1) is 12.6. The number of aryl methyl sites for hydroxylation is 2. The fourth-order valence-electron chi connectivity index (χ4n) is 2.80. The number of fused-ring (bicyclic) bond motifs is 1. The summed E-state index contributed by atoms with van der Waals surface area (Å²) in [6.45, 7) is 0. The van der Waals surface area contributed by atoms with Gasteiger partial charge in [0.25, 0.3) is 0 Å². The van der Waals surface area contributed by atoms with Crippen molar-refractivity contribution < 1.29 is 27.8 Å². The summed E-state index contributed by atoms with van der Waals surface area (Å²) in [6, 6.07) is 10.1. The van der Waals surface area contributed by atoms with Gasteiger partial charge in [-0.3, -0.25) is 0 Å². The monoisotopic (exact) mass is 416 g/mol. The van der Waals surface area contributed by atoms with Crippen LogP contribution in [0.5, 0.6) is 5.75 Å². The van der Waals surface area contributed by atoms with E-state index in [2.05, 4.69) is 0 Å². The van der Waals surface area contributed by atoms with Crippen LogP contribution in [0.25, 0.3) is 6.08 Å². The topological polar surface area (TPSA) is 46.5 Å². The van der Waals surface area contributed by atoms with Crippen molar-refractivity contribution in [2.24, 2.45) is 0 Å². The summed E-state index contributed by atoms with van der Waals surface area (Å²) in [7, 11) is 0. The summed E-state index contributed by atoms with van der Waals surface area (Å²) in [5.41, 5.74) is 0.932. The molecule has 3 nitrogen and oxygen atoms in total. The molecular weight excluding hydrogens is 404 g/mol. The van der Waals surface area contributed by atoms with Gasteiger partial charge in [0.2, 0.25) is 6.10 Å². The first-order valence-electron chi connectivity index (χ1n) is 7.90. The van der Waals surface area contributed by atoms with Crippen LogP contribution in [0.2, 0.25) is 10.0 Å². The second kappa shape index (κ2) is 7.44. The molecule has 1 atom stereocenters. The lowest BCUT2D eigenvalue weighted by Crippen LogP contribution is -2.40. The summed E-state index contributed by atoms with van der Waals surface area (Å²) in [4.78, 5) is 11.2. The minimum Gasteiger partial charge on any atom is -0.478 e. The van der Waals surface area contributed by atoms with Gasteiger partial charge < -0.3 is 9.84 Å². The van der Waals surface area contributed by atoms with Crippen LogP contribution in [0.15, 0.2) is 42.0 Å². The molecule has 1 aliphatic heterocycles. The highest BCUT2D eigenvalue weighted by atomic mass is 35.5. The number of aliphatic carboxylic acids is 1. The lowest BCUT2D eigenvalue weighted by molar-refractivity contribution is -0.187. The Balaban J connectivity index is 1.89. The zero-order valence-electron chi connectivity index (χ0n) is 13.7. The second-order valence-electron chi connectivity index (χ2n) is 6.05. The Morgan fingerprint density at radius 1 is 1.11 bits per heavy atom. The van der Waals surface area contributed by atoms with Crippen molar-refractivity contribution >= 4 is 35.2 Å². The van der Waals surface area contributed by atoms with Crippen molar-refractivity contribution in [2.45, 2.75) is 25.1 Å². The van der Waals surface area contributed by atoms with Gasteiger partial charge in [0, 0.05) is 15.6 Å². The number of hydrogen-bond acceptors (Lipinski definition) is 2. The van der Waals surface area contributed by atoms with Crippen molar-refractivity contribution in [1.29, 1.82) is 0 Å². The lowest BCUT2D eigenvalue weighted by Gasteiger charge is -2.27. The zero-order valence-corrected chi connectivity index (χ0v) is 15.2. The Morgan fingerprint density at radius 2 is 1.78 bits per heavy atom. The van der Waals surface area contributed by atoms with E-state index >= 15 is 0 Å². The number of carbonyl (C=O) groups is 1. The third-order valence-electron chi connectivity index (χ3n) is 4.16. The summed E-state index contributed by atoms with van der Waals surface area (Å²) in [5, 5.41) is 10.0. The standard InChI is InChI=1S/C19H13Cl2F3O3/c20-13-5-2-10(3-6-13)1-4-11-9-16-12(8-15(11)21)7-14(18(25)26)17(27-16)19(22,23)24/h2-3,5-9,17H,1,4H2,(H,25,26). The first kappa shape index (κ1) is 19.6. The van der Waals surface area contributed by atoms with Crippen LogP contribution in [-0.4, -0.2) is 23.4 Å². The molecule has 0 aromatic heterocycles. The maximum atomic E-state index is 13.2. The molecule has 0 amide bonds. The quantitative estimate of drug-likeness (QED) is 0.708. The van der Waals surface area contributed by atoms with Gasteiger partial charge in [-0.05, 0) is 54.3 Å². The molecule has 0 radical (unpaired) electrons. The predicted octanol–water partition coefficient (Wildman–Crippen LogP) is 5.57. The summed E-state index contributed by atoms with van der Waals surface area (Å²) in [6.07, 6.45) is -5.33. The van der Waals surface area contributed by atoms with Crippen LogP contribution in [-0.2, 0) is 17.6 Å². The van der Waals surface area contributed by atoms with Crippen LogP contribution in [0.3, 0.4) is 0 Å². The number of carboxylic acids is 1. The molecule has 3 rings (SSSR count). The highest BCUT2D eigenvalue weighted by Crippen LogP contribution is 2.39. The largest absolute Gasteiger partial charge is 0.478 e. The SMILES string of the molecule is O=C(O)C1=Cc2cc(Cl)c(CCc3ccc(Cl)cc3)cc2OC1C(F)(F)F. The van der Waals surface area contributed by atoms with Gasteiger partial charge in [-0.2, -0.15) is 13.2 Å². The molecule has 0 aliphatic carbocycles. The number of hydrogen-bond donors (Lipinski definition) is 1. The molecule has 1 heterocycles. The Bertz CT molecular complexity index is 906. The first-order valence-corrected chi connectivity index (χ1v) is 8.66. The van der Waals surface area contributed by atoms with Gasteiger partial charge in [0.05, 0.1) is 5.57 Å². The molecular formula is C19H13Cl2F3O3. The number of halogens is 5. The smallest absolute Gasteiger partial charge is 0.430 e. The van der Waals surface area contributed by atoms with E-state index in [9.17, 15) is 18.0 Å². The van der Waals surface area contributed by atoms with Gasteiger partial charge in [-0.15, -0.1) is 0 Å². The third kappa shape index (κ3) is 4.39. The number of ether oxygens (including phenoxy) is 1. The predicted molar refractivity (Wildman–Crippen MR) is 96.4 cm³/mol. The van der Waals surface area contributed by atoms with Gasteiger partial charge in [-0.25, -0.2) is 4.79 Å². The molecule has 0 bridgehead atoms. The summed E-state index contributed by atoms with van der Waals surface area (Å²) >= 11 is 12.1. The molecule has 142 valence electrons. The Labute approximate surface area is 163 Å². The van der Waals surface area contributed by atoms with Crippen molar-refractivity contribution in [1.82, 2.24) is 0 Å². The van der Waals surface area contributed by atoms with Crippen molar-refractivity contribution in [3.63, 3.8) is 0 Å². The fourth-order valence-corrected chi connectivity index (χ4v) is 3.19. The van der Waals surface area contributed by atoms with Crippen LogP contribution >= 0.6 is 23.2 Å². The van der Waals surface area contributed by atoms with Crippen LogP contribution in [0.1, 0.15) is 16.7 Å². The molecule has 1 unspecified atom stereocenters. The Hall–Kier alpha value is -2.18.